The number of tetrazole rings is 1. The van der Waals surface area contributed by atoms with E-state index < -0.39 is 0 Å². The Kier molecular flexibility index (Phi) is 2.33. The van der Waals surface area contributed by atoms with Crippen molar-refractivity contribution in [3.05, 3.63) is 41.3 Å². The molecule has 17 heavy (non-hydrogen) atoms. The van der Waals surface area contributed by atoms with Gasteiger partial charge in [-0.1, -0.05) is 23.7 Å². The summed E-state index contributed by atoms with van der Waals surface area (Å²) in [5, 5.41) is 13.8. The van der Waals surface area contributed by atoms with Crippen LogP contribution >= 0.6 is 11.6 Å². The van der Waals surface area contributed by atoms with Crippen molar-refractivity contribution in [2.75, 3.05) is 0 Å². The topological polar surface area (TPSA) is 48.5 Å². The molecule has 0 radical (unpaired) electrons. The molecule has 86 valence electrons. The van der Waals surface area contributed by atoms with Crippen LogP contribution in [0.1, 0.15) is 5.82 Å². The average molecular weight is 248 g/mol. The smallest absolute Gasteiger partial charge is 0.194 e. The van der Waals surface area contributed by atoms with Gasteiger partial charge in [0.15, 0.2) is 5.82 Å². The number of hydrogen-bond donors (Lipinski definition) is 0. The molecule has 0 spiro atoms. The zero-order chi connectivity index (χ0) is 11.8. The molecule has 0 N–H and O–H groups in total. The number of rotatable bonds is 2. The van der Waals surface area contributed by atoms with E-state index in [4.69, 9.17) is 11.6 Å². The van der Waals surface area contributed by atoms with Gasteiger partial charge in [0.05, 0.1) is 24.1 Å². The van der Waals surface area contributed by atoms with Crippen LogP contribution in [0, 0.1) is 0 Å². The number of aryl methyl sites for hydroxylation is 1. The highest BCUT2D eigenvalue weighted by Crippen LogP contribution is 2.24. The third-order valence-corrected chi connectivity index (χ3v) is 2.91. The summed E-state index contributed by atoms with van der Waals surface area (Å²) in [7, 11) is 1.75. The van der Waals surface area contributed by atoms with Gasteiger partial charge in [-0.25, -0.2) is 0 Å². The molecular weight excluding hydrogens is 238 g/mol. The molecule has 5 nitrogen and oxygen atoms in total. The van der Waals surface area contributed by atoms with Gasteiger partial charge in [-0.05, 0) is 17.3 Å². The Morgan fingerprint density at radius 3 is 2.94 bits per heavy atom. The third kappa shape index (κ3) is 1.78. The van der Waals surface area contributed by atoms with E-state index in [2.05, 4.69) is 15.4 Å². The fourth-order valence-corrected chi connectivity index (χ4v) is 2.18. The second-order valence-electron chi connectivity index (χ2n) is 3.82. The summed E-state index contributed by atoms with van der Waals surface area (Å²) in [6.45, 7) is 0.571. The van der Waals surface area contributed by atoms with Crippen molar-refractivity contribution in [3.63, 3.8) is 0 Å². The van der Waals surface area contributed by atoms with Crippen molar-refractivity contribution in [2.45, 2.75) is 6.54 Å². The molecule has 0 bridgehead atoms. The zero-order valence-electron chi connectivity index (χ0n) is 9.21. The first-order chi connectivity index (χ1) is 8.24. The van der Waals surface area contributed by atoms with Crippen molar-refractivity contribution in [2.24, 2.45) is 7.05 Å². The molecule has 6 heteroatoms. The van der Waals surface area contributed by atoms with E-state index in [1.54, 1.807) is 7.05 Å². The standard InChI is InChI=1S/C11H10ClN5/c1-16-14-10(13-15-16)7-17-6-5-8-3-2-4-9(12)11(8)17/h2-6H,7H2,1H3. The molecule has 3 aromatic rings. The van der Waals surface area contributed by atoms with Crippen molar-refractivity contribution >= 4 is 22.5 Å². The lowest BCUT2D eigenvalue weighted by atomic mass is 10.2. The number of aromatic nitrogens is 5. The van der Waals surface area contributed by atoms with E-state index >= 15 is 0 Å². The minimum absolute atomic E-state index is 0.571. The van der Waals surface area contributed by atoms with Crippen molar-refractivity contribution in [1.82, 2.24) is 24.8 Å². The van der Waals surface area contributed by atoms with Crippen LogP contribution in [0.4, 0.5) is 0 Å². The van der Waals surface area contributed by atoms with Crippen LogP contribution in [0.5, 0.6) is 0 Å². The Hall–Kier alpha value is -1.88. The number of benzene rings is 1. The van der Waals surface area contributed by atoms with Crippen LogP contribution in [0.15, 0.2) is 30.5 Å². The van der Waals surface area contributed by atoms with Crippen LogP contribution < -0.4 is 0 Å². The normalized spacial score (nSPS) is 11.2. The Morgan fingerprint density at radius 2 is 2.18 bits per heavy atom. The van der Waals surface area contributed by atoms with Crippen molar-refractivity contribution < 1.29 is 0 Å². The molecule has 3 rings (SSSR count). The summed E-state index contributed by atoms with van der Waals surface area (Å²) in [6, 6.07) is 7.87. The largest absolute Gasteiger partial charge is 0.338 e. The summed E-state index contributed by atoms with van der Waals surface area (Å²) in [4.78, 5) is 1.45. The Morgan fingerprint density at radius 1 is 1.29 bits per heavy atom. The molecule has 0 amide bonds. The van der Waals surface area contributed by atoms with E-state index in [9.17, 15) is 0 Å². The van der Waals surface area contributed by atoms with Gasteiger partial charge in [0.2, 0.25) is 0 Å². The highest BCUT2D eigenvalue weighted by atomic mass is 35.5. The summed E-state index contributed by atoms with van der Waals surface area (Å²) in [6.07, 6.45) is 1.98. The predicted octanol–water partition coefficient (Wildman–Crippen LogP) is 1.87. The minimum atomic E-state index is 0.571. The maximum absolute atomic E-state index is 6.19. The van der Waals surface area contributed by atoms with E-state index in [0.29, 0.717) is 12.4 Å². The third-order valence-electron chi connectivity index (χ3n) is 2.60. The lowest BCUT2D eigenvalue weighted by Crippen LogP contribution is -2.01. The van der Waals surface area contributed by atoms with Crippen molar-refractivity contribution in [3.8, 4) is 0 Å². The van der Waals surface area contributed by atoms with Gasteiger partial charge >= 0.3 is 0 Å². The molecule has 0 atom stereocenters. The van der Waals surface area contributed by atoms with E-state index in [1.165, 1.54) is 4.80 Å². The number of nitrogens with zero attached hydrogens (tertiary/aromatic N) is 5. The number of halogens is 1. The number of fused-ring (bicyclic) bond motifs is 1. The Balaban J connectivity index is 2.06. The summed E-state index contributed by atoms with van der Waals surface area (Å²) in [5.74, 6) is 0.671. The van der Waals surface area contributed by atoms with Gasteiger partial charge < -0.3 is 4.57 Å². The first-order valence-electron chi connectivity index (χ1n) is 5.20. The molecule has 0 aliphatic heterocycles. The van der Waals surface area contributed by atoms with Gasteiger partial charge in [0.25, 0.3) is 0 Å². The predicted molar refractivity (Wildman–Crippen MR) is 64.8 cm³/mol. The van der Waals surface area contributed by atoms with Crippen LogP contribution in [0.25, 0.3) is 10.9 Å². The van der Waals surface area contributed by atoms with E-state index in [0.717, 1.165) is 15.9 Å². The average Bonchev–Trinajstić information content (AvgIpc) is 2.88. The molecule has 0 saturated heterocycles. The van der Waals surface area contributed by atoms with E-state index in [1.807, 2.05) is 35.0 Å². The first kappa shape index (κ1) is 10.3. The zero-order valence-corrected chi connectivity index (χ0v) is 9.96. The highest BCUT2D eigenvalue weighted by molar-refractivity contribution is 6.35. The maximum Gasteiger partial charge on any atom is 0.194 e. The lowest BCUT2D eigenvalue weighted by molar-refractivity contribution is 0.626. The maximum atomic E-state index is 6.19. The molecule has 0 aliphatic rings. The molecule has 0 saturated carbocycles. The van der Waals surface area contributed by atoms with Gasteiger partial charge in [-0.2, -0.15) is 4.80 Å². The lowest BCUT2D eigenvalue weighted by Gasteiger charge is -2.03. The van der Waals surface area contributed by atoms with Crippen LogP contribution in [-0.4, -0.2) is 24.8 Å². The summed E-state index contributed by atoms with van der Waals surface area (Å²) >= 11 is 6.19. The summed E-state index contributed by atoms with van der Waals surface area (Å²) < 4.78 is 2.02. The van der Waals surface area contributed by atoms with Gasteiger partial charge in [0.1, 0.15) is 0 Å². The van der Waals surface area contributed by atoms with Crippen LogP contribution in [-0.2, 0) is 13.6 Å². The van der Waals surface area contributed by atoms with Gasteiger partial charge in [-0.15, -0.1) is 10.2 Å². The Bertz CT molecular complexity index is 669. The number of para-hydroxylation sites is 1. The molecule has 0 aliphatic carbocycles. The molecule has 0 unspecified atom stereocenters. The second kappa shape index (κ2) is 3.85. The summed E-state index contributed by atoms with van der Waals surface area (Å²) in [5.41, 5.74) is 1.00. The van der Waals surface area contributed by atoms with E-state index in [-0.39, 0.29) is 0 Å². The molecule has 2 heterocycles. The molecule has 0 fully saturated rings. The second-order valence-corrected chi connectivity index (χ2v) is 4.22. The highest BCUT2D eigenvalue weighted by Gasteiger charge is 2.07. The molecule has 1 aromatic carbocycles. The van der Waals surface area contributed by atoms with Gasteiger partial charge in [-0.3, -0.25) is 0 Å². The molecule has 2 aromatic heterocycles. The SMILES string of the molecule is Cn1nnc(Cn2ccc3cccc(Cl)c32)n1. The molecular formula is C11H10ClN5. The fourth-order valence-electron chi connectivity index (χ4n) is 1.89. The fraction of sp³-hybridized carbons (Fsp3) is 0.182. The van der Waals surface area contributed by atoms with Crippen LogP contribution in [0.2, 0.25) is 5.02 Å². The number of hydrogen-bond acceptors (Lipinski definition) is 3. The first-order valence-corrected chi connectivity index (χ1v) is 5.58. The minimum Gasteiger partial charge on any atom is -0.338 e. The Labute approximate surface area is 103 Å². The van der Waals surface area contributed by atoms with Crippen molar-refractivity contribution in [1.29, 1.82) is 0 Å². The monoisotopic (exact) mass is 247 g/mol. The van der Waals surface area contributed by atoms with Crippen LogP contribution in [0.3, 0.4) is 0 Å². The van der Waals surface area contributed by atoms with Gasteiger partial charge in [0, 0.05) is 11.6 Å². The quantitative estimate of drug-likeness (QED) is 0.695.